The van der Waals surface area contributed by atoms with Crippen molar-refractivity contribution in [3.8, 4) is 0 Å². The number of benzene rings is 1. The quantitative estimate of drug-likeness (QED) is 0.846. The van der Waals surface area contributed by atoms with Gasteiger partial charge in [0.25, 0.3) is 5.91 Å². The summed E-state index contributed by atoms with van der Waals surface area (Å²) >= 11 is 0. The number of amides is 3. The Labute approximate surface area is 133 Å². The molecule has 0 radical (unpaired) electrons. The molecule has 2 aromatic rings. The molecule has 0 atom stereocenters. The first-order chi connectivity index (χ1) is 11.3. The molecule has 3 amide bonds. The molecule has 2 N–H and O–H groups in total. The van der Waals surface area contributed by atoms with Crippen molar-refractivity contribution in [2.24, 2.45) is 0 Å². The summed E-state index contributed by atoms with van der Waals surface area (Å²) in [5.41, 5.74) is -0.775. The number of alkyl halides is 3. The van der Waals surface area contributed by atoms with E-state index in [0.717, 1.165) is 18.2 Å². The van der Waals surface area contributed by atoms with Crippen LogP contribution < -0.4 is 15.5 Å². The molecule has 130 valence electrons. The summed E-state index contributed by atoms with van der Waals surface area (Å²) in [6.45, 7) is 1.62. The highest BCUT2D eigenvalue weighted by Crippen LogP contribution is 2.30. The Morgan fingerprint density at radius 1 is 1.33 bits per heavy atom. The zero-order chi connectivity index (χ0) is 17.7. The van der Waals surface area contributed by atoms with Gasteiger partial charge in [0, 0.05) is 6.54 Å². The molecule has 1 aromatic carbocycles. The zero-order valence-electron chi connectivity index (χ0n) is 12.6. The molecule has 0 saturated heterocycles. The maximum absolute atomic E-state index is 12.7. The van der Waals surface area contributed by atoms with Crippen LogP contribution in [0.1, 0.15) is 18.9 Å². The maximum Gasteiger partial charge on any atom is 0.416 e. The Bertz CT molecular complexity index is 744. The van der Waals surface area contributed by atoms with E-state index >= 15 is 0 Å². The minimum atomic E-state index is -4.53. The van der Waals surface area contributed by atoms with Crippen molar-refractivity contribution in [2.45, 2.75) is 19.5 Å². The van der Waals surface area contributed by atoms with E-state index in [1.807, 2.05) is 12.2 Å². The number of nitrogens with one attached hydrogen (secondary N) is 2. The Morgan fingerprint density at radius 2 is 2.08 bits per heavy atom. The predicted molar refractivity (Wildman–Crippen MR) is 75.8 cm³/mol. The van der Waals surface area contributed by atoms with Crippen LogP contribution in [0.4, 0.5) is 18.0 Å². The topological polar surface area (TPSA) is 98.1 Å². The van der Waals surface area contributed by atoms with Gasteiger partial charge < -0.3 is 10.2 Å². The fourth-order valence-electron chi connectivity index (χ4n) is 1.74. The molecule has 8 nitrogen and oxygen atoms in total. The van der Waals surface area contributed by atoms with Crippen LogP contribution in [0.2, 0.25) is 0 Å². The van der Waals surface area contributed by atoms with Crippen molar-refractivity contribution in [3.05, 3.63) is 23.8 Å². The van der Waals surface area contributed by atoms with E-state index in [2.05, 4.69) is 15.6 Å². The van der Waals surface area contributed by atoms with Crippen LogP contribution in [-0.4, -0.2) is 40.2 Å². The lowest BCUT2D eigenvalue weighted by molar-refractivity contribution is -0.137. The molecular formula is C13H14F3N5O3. The monoisotopic (exact) mass is 345 g/mol. The Morgan fingerprint density at radius 3 is 2.75 bits per heavy atom. The second-order valence-corrected chi connectivity index (χ2v) is 4.74. The van der Waals surface area contributed by atoms with Gasteiger partial charge in [0.05, 0.1) is 5.56 Å². The van der Waals surface area contributed by atoms with Crippen molar-refractivity contribution < 1.29 is 27.6 Å². The number of aromatic nitrogens is 3. The van der Waals surface area contributed by atoms with Gasteiger partial charge >= 0.3 is 12.2 Å². The number of hydrogen-bond donors (Lipinski definition) is 2. The molecule has 0 saturated carbocycles. The number of imide groups is 1. The highest BCUT2D eigenvalue weighted by molar-refractivity contribution is 5.94. The van der Waals surface area contributed by atoms with Gasteiger partial charge in [-0.3, -0.25) is 10.1 Å². The van der Waals surface area contributed by atoms with Gasteiger partial charge in [-0.1, -0.05) is 11.8 Å². The van der Waals surface area contributed by atoms with Crippen molar-refractivity contribution >= 4 is 23.0 Å². The minimum Gasteiger partial charge on any atom is -0.385 e. The van der Waals surface area contributed by atoms with Gasteiger partial charge in [-0.15, -0.1) is 5.10 Å². The fraction of sp³-hybridized carbons (Fsp3) is 0.385. The van der Waals surface area contributed by atoms with E-state index in [-0.39, 0.29) is 11.0 Å². The summed E-state index contributed by atoms with van der Waals surface area (Å²) in [5, 5.41) is 11.6. The molecule has 0 aliphatic heterocycles. The third-order valence-corrected chi connectivity index (χ3v) is 2.85. The maximum atomic E-state index is 12.7. The lowest BCUT2D eigenvalue weighted by Gasteiger charge is -2.08. The van der Waals surface area contributed by atoms with Gasteiger partial charge in [-0.05, 0) is 29.8 Å². The first-order valence-corrected chi connectivity index (χ1v) is 6.95. The average Bonchev–Trinajstić information content (AvgIpc) is 2.92. The molecule has 0 aliphatic rings. The smallest absolute Gasteiger partial charge is 0.385 e. The molecule has 0 fully saturated rings. The molecule has 11 heteroatoms. The molecule has 0 unspecified atom stereocenters. The number of halogens is 3. The van der Waals surface area contributed by atoms with Crippen LogP contribution in [0.5, 0.6) is 0 Å². The standard InChI is InChI=1S/C13H14F3N5O3/c1-2-5-17-12(23)18-11(22)7-24-21-10-6-8(13(14,15)16)3-4-9(10)19-20-21/h3-4,6H,2,5,7H2,1H3,(H2,17,18,22,23). The molecule has 24 heavy (non-hydrogen) atoms. The van der Waals surface area contributed by atoms with Gasteiger partial charge in [-0.2, -0.15) is 13.2 Å². The highest BCUT2D eigenvalue weighted by Gasteiger charge is 2.31. The summed E-state index contributed by atoms with van der Waals surface area (Å²) in [6.07, 6.45) is -3.83. The highest BCUT2D eigenvalue weighted by atomic mass is 19.4. The lowest BCUT2D eigenvalue weighted by atomic mass is 10.2. The third kappa shape index (κ3) is 4.33. The van der Waals surface area contributed by atoms with Gasteiger partial charge in [0.2, 0.25) is 0 Å². The normalized spacial score (nSPS) is 11.3. The molecule has 0 spiro atoms. The number of hydrogen-bond acceptors (Lipinski definition) is 5. The first kappa shape index (κ1) is 17.5. The lowest BCUT2D eigenvalue weighted by Crippen LogP contribution is -2.42. The summed E-state index contributed by atoms with van der Waals surface area (Å²) in [5.74, 6) is -0.778. The molecule has 2 rings (SSSR count). The number of nitrogens with zero attached hydrogens (tertiary/aromatic N) is 3. The molecule has 1 heterocycles. The number of fused-ring (bicyclic) bond motifs is 1. The Hall–Kier alpha value is -2.85. The summed E-state index contributed by atoms with van der Waals surface area (Å²) in [4.78, 5) is 28.5. The Balaban J connectivity index is 2.02. The zero-order valence-corrected chi connectivity index (χ0v) is 12.6. The molecule has 0 bridgehead atoms. The van der Waals surface area contributed by atoms with E-state index in [9.17, 15) is 22.8 Å². The largest absolute Gasteiger partial charge is 0.416 e. The fourth-order valence-corrected chi connectivity index (χ4v) is 1.74. The Kier molecular flexibility index (Phi) is 5.21. The van der Waals surface area contributed by atoms with Crippen LogP contribution in [0.15, 0.2) is 18.2 Å². The van der Waals surface area contributed by atoms with Crippen LogP contribution in [0, 0.1) is 0 Å². The number of carbonyl (C=O) groups excluding carboxylic acids is 2. The first-order valence-electron chi connectivity index (χ1n) is 6.95. The van der Waals surface area contributed by atoms with Crippen LogP contribution in [0.3, 0.4) is 0 Å². The number of rotatable bonds is 5. The van der Waals surface area contributed by atoms with E-state index in [0.29, 0.717) is 17.8 Å². The van der Waals surface area contributed by atoms with Crippen molar-refractivity contribution in [1.29, 1.82) is 0 Å². The van der Waals surface area contributed by atoms with Crippen LogP contribution in [0.25, 0.3) is 11.0 Å². The van der Waals surface area contributed by atoms with E-state index in [1.165, 1.54) is 0 Å². The van der Waals surface area contributed by atoms with Gasteiger partial charge in [0.1, 0.15) is 11.0 Å². The van der Waals surface area contributed by atoms with Crippen molar-refractivity contribution in [1.82, 2.24) is 25.8 Å². The van der Waals surface area contributed by atoms with Crippen molar-refractivity contribution in [2.75, 3.05) is 13.2 Å². The van der Waals surface area contributed by atoms with Crippen LogP contribution >= 0.6 is 0 Å². The van der Waals surface area contributed by atoms with Crippen LogP contribution in [-0.2, 0) is 11.0 Å². The minimum absolute atomic E-state index is 0.0481. The van der Waals surface area contributed by atoms with Gasteiger partial charge in [-0.25, -0.2) is 4.79 Å². The summed E-state index contributed by atoms with van der Waals surface area (Å²) in [6, 6.07) is 2.13. The second kappa shape index (κ2) is 7.15. The second-order valence-electron chi connectivity index (χ2n) is 4.74. The third-order valence-electron chi connectivity index (χ3n) is 2.85. The molecular weight excluding hydrogens is 331 g/mol. The summed E-state index contributed by atoms with van der Waals surface area (Å²) < 4.78 is 38.1. The van der Waals surface area contributed by atoms with E-state index < -0.39 is 30.3 Å². The molecule has 0 aliphatic carbocycles. The summed E-state index contributed by atoms with van der Waals surface area (Å²) in [7, 11) is 0. The average molecular weight is 345 g/mol. The SMILES string of the molecule is CCCNC(=O)NC(=O)COn1nnc2ccc(C(F)(F)F)cc21. The van der Waals surface area contributed by atoms with Gasteiger partial charge in [0.15, 0.2) is 6.61 Å². The number of carbonyl (C=O) groups is 2. The predicted octanol–water partition coefficient (Wildman–Crippen LogP) is 1.11. The molecule has 1 aromatic heterocycles. The van der Waals surface area contributed by atoms with E-state index in [1.54, 1.807) is 0 Å². The number of urea groups is 1. The van der Waals surface area contributed by atoms with Crippen molar-refractivity contribution in [3.63, 3.8) is 0 Å². The van der Waals surface area contributed by atoms with E-state index in [4.69, 9.17) is 4.84 Å².